The number of esters is 1. The van der Waals surface area contributed by atoms with Gasteiger partial charge in [-0.3, -0.25) is 4.79 Å². The van der Waals surface area contributed by atoms with Crippen molar-refractivity contribution in [3.8, 4) is 0 Å². The first-order valence-electron chi connectivity index (χ1n) is 3.39. The number of carbonyl (C=O) groups is 1. The molecule has 0 aromatic carbocycles. The van der Waals surface area contributed by atoms with Crippen LogP contribution in [0.15, 0.2) is 0 Å². The van der Waals surface area contributed by atoms with Crippen molar-refractivity contribution in [3.63, 3.8) is 0 Å². The van der Waals surface area contributed by atoms with Gasteiger partial charge in [0.25, 0.3) is 0 Å². The van der Waals surface area contributed by atoms with E-state index in [-0.39, 0.29) is 5.97 Å². The number of ether oxygens (including phenoxy) is 3. The Morgan fingerprint density at radius 2 is 2.09 bits per heavy atom. The fraction of sp³-hybridized carbons (Fsp3) is 0.857. The fourth-order valence-corrected chi connectivity index (χ4v) is 0.624. The number of rotatable bonds is 5. The van der Waals surface area contributed by atoms with Crippen LogP contribution in [-0.2, 0) is 19.0 Å². The molecule has 0 rings (SSSR count). The SMILES string of the molecule is COCCC(OC)OC(C)=O. The minimum Gasteiger partial charge on any atom is -0.436 e. The summed E-state index contributed by atoms with van der Waals surface area (Å²) in [5.74, 6) is -0.340. The highest BCUT2D eigenvalue weighted by Gasteiger charge is 2.08. The number of hydrogen-bond acceptors (Lipinski definition) is 4. The van der Waals surface area contributed by atoms with Crippen molar-refractivity contribution in [2.75, 3.05) is 20.8 Å². The average molecular weight is 162 g/mol. The maximum absolute atomic E-state index is 10.4. The zero-order valence-electron chi connectivity index (χ0n) is 7.12. The van der Waals surface area contributed by atoms with Crippen LogP contribution in [0.4, 0.5) is 0 Å². The van der Waals surface area contributed by atoms with E-state index in [0.29, 0.717) is 13.0 Å². The van der Waals surface area contributed by atoms with Gasteiger partial charge in [0, 0.05) is 27.6 Å². The summed E-state index contributed by atoms with van der Waals surface area (Å²) in [7, 11) is 3.07. The molecule has 0 heterocycles. The molecule has 0 saturated heterocycles. The molecule has 1 unspecified atom stereocenters. The Hall–Kier alpha value is -0.610. The average Bonchev–Trinajstić information content (AvgIpc) is 1.97. The maximum Gasteiger partial charge on any atom is 0.304 e. The zero-order chi connectivity index (χ0) is 8.69. The van der Waals surface area contributed by atoms with Crippen LogP contribution in [0.25, 0.3) is 0 Å². The van der Waals surface area contributed by atoms with E-state index in [4.69, 9.17) is 14.2 Å². The van der Waals surface area contributed by atoms with Crippen molar-refractivity contribution in [3.05, 3.63) is 0 Å². The minimum absolute atomic E-state index is 0.340. The number of methoxy groups -OCH3 is 2. The molecule has 0 bridgehead atoms. The van der Waals surface area contributed by atoms with Crippen LogP contribution in [0.1, 0.15) is 13.3 Å². The molecule has 0 spiro atoms. The summed E-state index contributed by atoms with van der Waals surface area (Å²) in [5, 5.41) is 0. The molecule has 0 saturated carbocycles. The third-order valence-corrected chi connectivity index (χ3v) is 1.12. The number of carbonyl (C=O) groups excluding carboxylic acids is 1. The van der Waals surface area contributed by atoms with Crippen molar-refractivity contribution in [1.29, 1.82) is 0 Å². The molecular formula is C7H14O4. The highest BCUT2D eigenvalue weighted by atomic mass is 16.7. The summed E-state index contributed by atoms with van der Waals surface area (Å²) < 4.78 is 14.4. The molecule has 0 aliphatic rings. The quantitative estimate of drug-likeness (QED) is 0.437. The molecule has 0 fully saturated rings. The highest BCUT2D eigenvalue weighted by molar-refractivity contribution is 5.66. The van der Waals surface area contributed by atoms with Crippen LogP contribution in [0.2, 0.25) is 0 Å². The van der Waals surface area contributed by atoms with Gasteiger partial charge in [-0.2, -0.15) is 0 Å². The Labute approximate surface area is 66.4 Å². The van der Waals surface area contributed by atoms with E-state index in [0.717, 1.165) is 0 Å². The van der Waals surface area contributed by atoms with Crippen molar-refractivity contribution in [2.24, 2.45) is 0 Å². The molecular weight excluding hydrogens is 148 g/mol. The Balaban J connectivity index is 3.49. The predicted octanol–water partition coefficient (Wildman–Crippen LogP) is 0.558. The van der Waals surface area contributed by atoms with E-state index < -0.39 is 6.29 Å². The first-order chi connectivity index (χ1) is 5.20. The van der Waals surface area contributed by atoms with E-state index in [1.54, 1.807) is 7.11 Å². The van der Waals surface area contributed by atoms with Crippen molar-refractivity contribution >= 4 is 5.97 Å². The van der Waals surface area contributed by atoms with Gasteiger partial charge < -0.3 is 14.2 Å². The van der Waals surface area contributed by atoms with Crippen molar-refractivity contribution in [1.82, 2.24) is 0 Å². The Morgan fingerprint density at radius 3 is 2.45 bits per heavy atom. The topological polar surface area (TPSA) is 44.8 Å². The molecule has 1 atom stereocenters. The molecule has 0 aliphatic heterocycles. The van der Waals surface area contributed by atoms with Gasteiger partial charge in [0.15, 0.2) is 0 Å². The molecule has 0 aromatic heterocycles. The second-order valence-corrected chi connectivity index (χ2v) is 2.06. The molecule has 4 nitrogen and oxygen atoms in total. The van der Waals surface area contributed by atoms with Crippen LogP contribution in [0, 0.1) is 0 Å². The summed E-state index contributed by atoms with van der Waals surface area (Å²) in [4.78, 5) is 10.4. The van der Waals surface area contributed by atoms with E-state index >= 15 is 0 Å². The maximum atomic E-state index is 10.4. The molecule has 4 heteroatoms. The molecule has 0 aromatic rings. The van der Waals surface area contributed by atoms with Crippen LogP contribution < -0.4 is 0 Å². The summed E-state index contributed by atoms with van der Waals surface area (Å²) in [6, 6.07) is 0. The van der Waals surface area contributed by atoms with Gasteiger partial charge in [0.05, 0.1) is 6.61 Å². The van der Waals surface area contributed by atoms with Crippen molar-refractivity contribution < 1.29 is 19.0 Å². The van der Waals surface area contributed by atoms with Crippen molar-refractivity contribution in [2.45, 2.75) is 19.6 Å². The largest absolute Gasteiger partial charge is 0.436 e. The Morgan fingerprint density at radius 1 is 1.45 bits per heavy atom. The van der Waals surface area contributed by atoms with Gasteiger partial charge in [-0.1, -0.05) is 0 Å². The summed E-state index contributed by atoms with van der Waals surface area (Å²) in [6.45, 7) is 1.87. The first kappa shape index (κ1) is 10.4. The first-order valence-corrected chi connectivity index (χ1v) is 3.39. The van der Waals surface area contributed by atoms with Gasteiger partial charge >= 0.3 is 5.97 Å². The third-order valence-electron chi connectivity index (χ3n) is 1.12. The van der Waals surface area contributed by atoms with E-state index in [2.05, 4.69) is 0 Å². The van der Waals surface area contributed by atoms with Crippen LogP contribution in [0.3, 0.4) is 0 Å². The Bertz CT molecular complexity index is 113. The normalized spacial score (nSPS) is 12.6. The summed E-state index contributed by atoms with van der Waals surface area (Å²) in [6.07, 6.45) is 0.0829. The van der Waals surface area contributed by atoms with Gasteiger partial charge in [-0.15, -0.1) is 0 Å². The molecule has 11 heavy (non-hydrogen) atoms. The fourth-order valence-electron chi connectivity index (χ4n) is 0.624. The standard InChI is InChI=1S/C7H14O4/c1-6(8)11-7(10-3)4-5-9-2/h7H,4-5H2,1-3H3. The van der Waals surface area contributed by atoms with E-state index in [9.17, 15) is 4.79 Å². The predicted molar refractivity (Wildman–Crippen MR) is 39.1 cm³/mol. The summed E-state index contributed by atoms with van der Waals surface area (Å²) in [5.41, 5.74) is 0. The highest BCUT2D eigenvalue weighted by Crippen LogP contribution is 1.99. The lowest BCUT2D eigenvalue weighted by atomic mass is 10.4. The molecule has 66 valence electrons. The third kappa shape index (κ3) is 5.82. The lowest BCUT2D eigenvalue weighted by Crippen LogP contribution is -2.19. The van der Waals surface area contributed by atoms with Gasteiger partial charge in [0.2, 0.25) is 6.29 Å². The zero-order valence-corrected chi connectivity index (χ0v) is 7.12. The Kier molecular flexibility index (Phi) is 5.78. The molecule has 0 aliphatic carbocycles. The second kappa shape index (κ2) is 6.12. The van der Waals surface area contributed by atoms with Gasteiger partial charge in [-0.25, -0.2) is 0 Å². The summed E-state index contributed by atoms with van der Waals surface area (Å²) >= 11 is 0. The van der Waals surface area contributed by atoms with Crippen LogP contribution in [0.5, 0.6) is 0 Å². The van der Waals surface area contributed by atoms with Crippen LogP contribution in [-0.4, -0.2) is 33.1 Å². The van der Waals surface area contributed by atoms with E-state index in [1.807, 2.05) is 0 Å². The lowest BCUT2D eigenvalue weighted by Gasteiger charge is -2.13. The molecule has 0 amide bonds. The monoisotopic (exact) mass is 162 g/mol. The van der Waals surface area contributed by atoms with Gasteiger partial charge in [0.1, 0.15) is 0 Å². The van der Waals surface area contributed by atoms with E-state index in [1.165, 1.54) is 14.0 Å². The molecule has 0 N–H and O–H groups in total. The lowest BCUT2D eigenvalue weighted by molar-refractivity contribution is -0.173. The smallest absolute Gasteiger partial charge is 0.304 e. The van der Waals surface area contributed by atoms with Gasteiger partial charge in [-0.05, 0) is 0 Å². The van der Waals surface area contributed by atoms with Crippen LogP contribution >= 0.6 is 0 Å². The molecule has 0 radical (unpaired) electrons. The second-order valence-electron chi connectivity index (χ2n) is 2.06. The minimum atomic E-state index is -0.479. The number of hydrogen-bond donors (Lipinski definition) is 0.